The number of halogens is 2. The molecule has 0 aromatic heterocycles. The first kappa shape index (κ1) is 25.1. The Balaban J connectivity index is 2.10. The number of benzene rings is 2. The third-order valence-electron chi connectivity index (χ3n) is 5.39. The third-order valence-corrected chi connectivity index (χ3v) is 6.55. The van der Waals surface area contributed by atoms with Crippen molar-refractivity contribution >= 4 is 56.6 Å². The van der Waals surface area contributed by atoms with E-state index < -0.39 is 37.4 Å². The lowest BCUT2D eigenvalue weighted by atomic mass is 9.99. The number of carbonyl (C=O) groups is 2. The van der Waals surface area contributed by atoms with Crippen LogP contribution in [-0.4, -0.2) is 71.4 Å². The summed E-state index contributed by atoms with van der Waals surface area (Å²) in [5, 5.41) is 33.9. The van der Waals surface area contributed by atoms with Crippen molar-refractivity contribution in [2.75, 3.05) is 37.1 Å². The fraction of sp³-hybridized carbons (Fsp3) is 0.318. The molecule has 3 rings (SSSR count). The van der Waals surface area contributed by atoms with Crippen LogP contribution < -0.4 is 15.5 Å². The van der Waals surface area contributed by atoms with Crippen LogP contribution >= 0.6 is 27.5 Å². The fourth-order valence-electron chi connectivity index (χ4n) is 3.40. The molecule has 0 saturated carbocycles. The molecule has 0 aliphatic carbocycles. The number of anilines is 2. The lowest BCUT2D eigenvalue weighted by molar-refractivity contribution is -0.119. The van der Waals surface area contributed by atoms with Crippen LogP contribution in [0.15, 0.2) is 45.9 Å². The number of hydrogen-bond donors (Lipinski definition) is 5. The van der Waals surface area contributed by atoms with Gasteiger partial charge in [-0.2, -0.15) is 0 Å². The second kappa shape index (κ2) is 10.2. The van der Waals surface area contributed by atoms with Crippen LogP contribution in [0, 0.1) is 0 Å². The molecule has 3 amide bonds. The molecule has 2 aromatic carbocycles. The van der Waals surface area contributed by atoms with Crippen molar-refractivity contribution in [3.05, 3.63) is 57.0 Å². The summed E-state index contributed by atoms with van der Waals surface area (Å²) in [6, 6.07) is 8.98. The number of aliphatic imine (C=N–C) groups is 1. The zero-order valence-corrected chi connectivity index (χ0v) is 20.3. The first-order valence-electron chi connectivity index (χ1n) is 10.0. The van der Waals surface area contributed by atoms with Crippen LogP contribution in [0.5, 0.6) is 0 Å². The highest BCUT2D eigenvalue weighted by Crippen LogP contribution is 2.39. The van der Waals surface area contributed by atoms with Crippen molar-refractivity contribution in [2.45, 2.75) is 18.5 Å². The molecule has 1 aliphatic rings. The molecule has 5 N–H and O–H groups in total. The van der Waals surface area contributed by atoms with Gasteiger partial charge in [0.05, 0.1) is 41.4 Å². The average molecular weight is 540 g/mol. The quantitative estimate of drug-likeness (QED) is 0.383. The standard InChI is InChI=1S/C22H24BrClN4O5/c1-12-20(32)28(2)16-8-7-15(26-21(33)27-22(9-29,10-30)11-31)18(23)17(16)19(25-12)13-5-3-4-6-14(13)24/h3-8,12,29-31H,9-11H2,1-2H3,(H2,26,27,33). The number of urea groups is 1. The Kier molecular flexibility index (Phi) is 7.76. The molecule has 0 saturated heterocycles. The molecule has 0 fully saturated rings. The molecule has 0 radical (unpaired) electrons. The summed E-state index contributed by atoms with van der Waals surface area (Å²) in [5.74, 6) is -0.206. The monoisotopic (exact) mass is 538 g/mol. The Labute approximate surface area is 204 Å². The minimum absolute atomic E-state index is 0.206. The van der Waals surface area contributed by atoms with Gasteiger partial charge in [0.1, 0.15) is 11.6 Å². The van der Waals surface area contributed by atoms with E-state index >= 15 is 0 Å². The Morgan fingerprint density at radius 2 is 1.82 bits per heavy atom. The summed E-state index contributed by atoms with van der Waals surface area (Å²) in [7, 11) is 1.65. The van der Waals surface area contributed by atoms with Crippen LogP contribution in [-0.2, 0) is 4.79 Å². The van der Waals surface area contributed by atoms with E-state index in [9.17, 15) is 24.9 Å². The molecule has 1 atom stereocenters. The minimum Gasteiger partial charge on any atom is -0.394 e. The van der Waals surface area contributed by atoms with E-state index in [-0.39, 0.29) is 5.91 Å². The van der Waals surface area contributed by atoms with Gasteiger partial charge < -0.3 is 30.9 Å². The van der Waals surface area contributed by atoms with Gasteiger partial charge in [-0.3, -0.25) is 9.79 Å². The maximum absolute atomic E-state index is 12.8. The van der Waals surface area contributed by atoms with Crippen LogP contribution in [0.1, 0.15) is 18.1 Å². The largest absolute Gasteiger partial charge is 0.394 e. The number of hydrogen-bond acceptors (Lipinski definition) is 6. The predicted octanol–water partition coefficient (Wildman–Crippen LogP) is 2.14. The van der Waals surface area contributed by atoms with Gasteiger partial charge in [-0.1, -0.05) is 29.8 Å². The number of nitrogens with zero attached hydrogens (tertiary/aromatic N) is 2. The first-order chi connectivity index (χ1) is 15.7. The van der Waals surface area contributed by atoms with Crippen LogP contribution in [0.3, 0.4) is 0 Å². The summed E-state index contributed by atoms with van der Waals surface area (Å²) in [6.45, 7) is -0.285. The van der Waals surface area contributed by atoms with E-state index in [1.165, 1.54) is 4.90 Å². The predicted molar refractivity (Wildman–Crippen MR) is 130 cm³/mol. The Bertz CT molecular complexity index is 1100. The molecule has 1 unspecified atom stereocenters. The molecule has 176 valence electrons. The zero-order valence-electron chi connectivity index (χ0n) is 18.0. The lowest BCUT2D eigenvalue weighted by Gasteiger charge is -2.29. The highest BCUT2D eigenvalue weighted by atomic mass is 79.9. The molecule has 9 nitrogen and oxygen atoms in total. The number of aliphatic hydroxyl groups excluding tert-OH is 3. The van der Waals surface area contributed by atoms with E-state index in [4.69, 9.17) is 11.6 Å². The molecule has 11 heteroatoms. The van der Waals surface area contributed by atoms with Gasteiger partial charge in [-0.25, -0.2) is 4.79 Å². The van der Waals surface area contributed by atoms with E-state index in [0.717, 1.165) is 0 Å². The molecule has 1 aliphatic heterocycles. The average Bonchev–Trinajstić information content (AvgIpc) is 2.90. The van der Waals surface area contributed by atoms with Gasteiger partial charge in [0.15, 0.2) is 0 Å². The van der Waals surface area contributed by atoms with Crippen molar-refractivity contribution in [1.82, 2.24) is 5.32 Å². The first-order valence-corrected chi connectivity index (χ1v) is 11.2. The van der Waals surface area contributed by atoms with Gasteiger partial charge in [0.2, 0.25) is 0 Å². The number of benzodiazepines with no additional fused rings is 1. The van der Waals surface area contributed by atoms with Crippen molar-refractivity contribution in [3.8, 4) is 0 Å². The second-order valence-electron chi connectivity index (χ2n) is 7.69. The minimum atomic E-state index is -1.59. The normalized spacial score (nSPS) is 16.1. The van der Waals surface area contributed by atoms with Crippen molar-refractivity contribution in [1.29, 1.82) is 0 Å². The molecular weight excluding hydrogens is 516 g/mol. The van der Waals surface area contributed by atoms with Crippen molar-refractivity contribution in [2.24, 2.45) is 4.99 Å². The van der Waals surface area contributed by atoms with Crippen LogP contribution in [0.25, 0.3) is 0 Å². The maximum atomic E-state index is 12.8. The fourth-order valence-corrected chi connectivity index (χ4v) is 4.25. The number of likely N-dealkylation sites (N-methyl/N-ethyl adjacent to an activating group) is 1. The Morgan fingerprint density at radius 3 is 2.42 bits per heavy atom. The summed E-state index contributed by atoms with van der Waals surface area (Å²) in [6.07, 6.45) is 0. The molecule has 2 aromatic rings. The number of fused-ring (bicyclic) bond motifs is 1. The Hall–Kier alpha value is -2.50. The van der Waals surface area contributed by atoms with Crippen LogP contribution in [0.4, 0.5) is 16.2 Å². The summed E-state index contributed by atoms with van der Waals surface area (Å²) < 4.78 is 0.449. The second-order valence-corrected chi connectivity index (χ2v) is 8.89. The van der Waals surface area contributed by atoms with Gasteiger partial charge in [0, 0.05) is 23.2 Å². The van der Waals surface area contributed by atoms with Gasteiger partial charge in [-0.15, -0.1) is 0 Å². The van der Waals surface area contributed by atoms with E-state index in [1.54, 1.807) is 44.3 Å². The number of rotatable bonds is 6. The smallest absolute Gasteiger partial charge is 0.319 e. The third kappa shape index (κ3) is 4.90. The molecule has 0 bridgehead atoms. The number of carbonyl (C=O) groups excluding carboxylic acids is 2. The number of aliphatic hydroxyl groups is 3. The molecule has 33 heavy (non-hydrogen) atoms. The van der Waals surface area contributed by atoms with E-state index in [1.807, 2.05) is 6.07 Å². The van der Waals surface area contributed by atoms with Crippen LogP contribution in [0.2, 0.25) is 5.02 Å². The van der Waals surface area contributed by atoms with E-state index in [0.29, 0.717) is 37.7 Å². The summed E-state index contributed by atoms with van der Waals surface area (Å²) >= 11 is 9.99. The van der Waals surface area contributed by atoms with Gasteiger partial charge in [0.25, 0.3) is 5.91 Å². The van der Waals surface area contributed by atoms with Gasteiger partial charge >= 0.3 is 6.03 Å². The SMILES string of the molecule is CC1N=C(c2ccccc2Cl)c2c(ccc(NC(=O)NC(CO)(CO)CO)c2Br)N(C)C1=O. The number of amides is 3. The van der Waals surface area contributed by atoms with Crippen molar-refractivity contribution in [3.63, 3.8) is 0 Å². The molecular formula is C22H24BrClN4O5. The van der Waals surface area contributed by atoms with Crippen molar-refractivity contribution < 1.29 is 24.9 Å². The Morgan fingerprint density at radius 1 is 1.18 bits per heavy atom. The summed E-state index contributed by atoms with van der Waals surface area (Å²) in [4.78, 5) is 31.5. The molecule has 0 spiro atoms. The topological polar surface area (TPSA) is 134 Å². The number of nitrogens with one attached hydrogen (secondary N) is 2. The summed E-state index contributed by atoms with van der Waals surface area (Å²) in [5.41, 5.74) is 0.970. The highest BCUT2D eigenvalue weighted by Gasteiger charge is 2.32. The lowest BCUT2D eigenvalue weighted by Crippen LogP contribution is -2.58. The van der Waals surface area contributed by atoms with Gasteiger partial charge in [-0.05, 0) is 41.1 Å². The molecule has 1 heterocycles. The zero-order chi connectivity index (χ0) is 24.3. The maximum Gasteiger partial charge on any atom is 0.319 e. The van der Waals surface area contributed by atoms with E-state index in [2.05, 4.69) is 31.6 Å². The highest BCUT2D eigenvalue weighted by molar-refractivity contribution is 9.10.